The number of rotatable bonds is 2. The van der Waals surface area contributed by atoms with Crippen LogP contribution in [0.5, 0.6) is 0 Å². The molecule has 3 fully saturated rings. The molecule has 2 saturated carbocycles. The highest BCUT2D eigenvalue weighted by molar-refractivity contribution is 8.14. The molecule has 4 atom stereocenters. The molecule has 1 saturated heterocycles. The maximum Gasteiger partial charge on any atom is 0.157 e. The van der Waals surface area contributed by atoms with Crippen molar-refractivity contribution in [1.29, 1.82) is 0 Å². The Morgan fingerprint density at radius 2 is 2.29 bits per heavy atom. The van der Waals surface area contributed by atoms with E-state index in [0.29, 0.717) is 5.54 Å². The van der Waals surface area contributed by atoms with Crippen molar-refractivity contribution >= 4 is 16.9 Å². The van der Waals surface area contributed by atoms with Crippen molar-refractivity contribution in [3.8, 4) is 0 Å². The van der Waals surface area contributed by atoms with Crippen molar-refractivity contribution in [2.24, 2.45) is 22.7 Å². The van der Waals surface area contributed by atoms with Crippen LogP contribution in [-0.4, -0.2) is 23.0 Å². The average molecular weight is 252 g/mol. The van der Waals surface area contributed by atoms with Crippen LogP contribution in [0.4, 0.5) is 0 Å². The molecule has 0 bridgehead atoms. The summed E-state index contributed by atoms with van der Waals surface area (Å²) in [7, 11) is 0. The second-order valence-electron chi connectivity index (χ2n) is 6.51. The van der Waals surface area contributed by atoms with E-state index in [2.05, 4.69) is 19.2 Å². The summed E-state index contributed by atoms with van der Waals surface area (Å²) in [5, 5.41) is 4.98. The first-order chi connectivity index (χ1) is 8.17. The predicted molar refractivity (Wildman–Crippen MR) is 75.5 cm³/mol. The lowest BCUT2D eigenvalue weighted by molar-refractivity contribution is 0.242. The molecule has 3 heteroatoms. The van der Waals surface area contributed by atoms with E-state index in [1.807, 2.05) is 11.8 Å². The highest BCUT2D eigenvalue weighted by Crippen LogP contribution is 2.40. The molecule has 17 heavy (non-hydrogen) atoms. The molecule has 0 aromatic carbocycles. The molecule has 96 valence electrons. The summed E-state index contributed by atoms with van der Waals surface area (Å²) in [4.78, 5) is 4.78. The van der Waals surface area contributed by atoms with Gasteiger partial charge in [0, 0.05) is 17.8 Å². The number of amidine groups is 1. The molecule has 0 amide bonds. The quantitative estimate of drug-likeness (QED) is 0.815. The van der Waals surface area contributed by atoms with Crippen molar-refractivity contribution in [2.75, 3.05) is 12.3 Å². The van der Waals surface area contributed by atoms with Crippen LogP contribution < -0.4 is 5.32 Å². The van der Waals surface area contributed by atoms with E-state index < -0.39 is 0 Å². The van der Waals surface area contributed by atoms with Gasteiger partial charge in [-0.25, -0.2) is 0 Å². The van der Waals surface area contributed by atoms with Gasteiger partial charge < -0.3 is 5.32 Å². The van der Waals surface area contributed by atoms with E-state index in [9.17, 15) is 0 Å². The van der Waals surface area contributed by atoms with Crippen LogP contribution >= 0.6 is 11.8 Å². The molecule has 1 spiro atoms. The number of nitrogens with zero attached hydrogens (tertiary/aromatic N) is 1. The Morgan fingerprint density at radius 1 is 1.47 bits per heavy atom. The molecule has 1 N–H and O–H groups in total. The Balaban J connectivity index is 1.56. The van der Waals surface area contributed by atoms with Crippen molar-refractivity contribution < 1.29 is 0 Å². The number of hydrogen-bond donors (Lipinski definition) is 1. The Kier molecular flexibility index (Phi) is 3.14. The van der Waals surface area contributed by atoms with Crippen LogP contribution in [0.1, 0.15) is 46.0 Å². The molecule has 3 rings (SSSR count). The van der Waals surface area contributed by atoms with Gasteiger partial charge in [0.15, 0.2) is 5.17 Å². The lowest BCUT2D eigenvalue weighted by atomic mass is 9.78. The Labute approximate surface area is 109 Å². The highest BCUT2D eigenvalue weighted by Gasteiger charge is 2.40. The number of hydrogen-bond acceptors (Lipinski definition) is 2. The second kappa shape index (κ2) is 4.49. The van der Waals surface area contributed by atoms with Gasteiger partial charge in [0.1, 0.15) is 0 Å². The fourth-order valence-electron chi connectivity index (χ4n) is 3.35. The first-order valence-electron chi connectivity index (χ1n) is 7.12. The van der Waals surface area contributed by atoms with E-state index in [1.165, 1.54) is 43.0 Å². The molecule has 0 aromatic heterocycles. The normalized spacial score (nSPS) is 47.4. The zero-order valence-corrected chi connectivity index (χ0v) is 11.9. The van der Waals surface area contributed by atoms with Gasteiger partial charge in [0.05, 0.1) is 0 Å². The molecule has 0 radical (unpaired) electrons. The summed E-state index contributed by atoms with van der Waals surface area (Å²) in [6, 6.07) is 0. The van der Waals surface area contributed by atoms with Gasteiger partial charge in [0.25, 0.3) is 0 Å². The summed E-state index contributed by atoms with van der Waals surface area (Å²) >= 11 is 1.96. The van der Waals surface area contributed by atoms with Crippen LogP contribution in [0.3, 0.4) is 0 Å². The van der Waals surface area contributed by atoms with E-state index in [1.54, 1.807) is 0 Å². The van der Waals surface area contributed by atoms with Crippen LogP contribution in [0.25, 0.3) is 0 Å². The summed E-state index contributed by atoms with van der Waals surface area (Å²) in [6.45, 7) is 5.79. The van der Waals surface area contributed by atoms with E-state index in [-0.39, 0.29) is 0 Å². The summed E-state index contributed by atoms with van der Waals surface area (Å²) in [5.41, 5.74) is 0.399. The molecule has 1 heterocycles. The van der Waals surface area contributed by atoms with Crippen LogP contribution in [0.2, 0.25) is 0 Å². The number of thioether (sulfide) groups is 1. The molecular formula is C14H24N2S. The van der Waals surface area contributed by atoms with Crippen LogP contribution in [-0.2, 0) is 0 Å². The number of aliphatic imine (C=N–C) groups is 1. The lowest BCUT2D eigenvalue weighted by Gasteiger charge is -2.36. The molecular weight excluding hydrogens is 228 g/mol. The van der Waals surface area contributed by atoms with E-state index in [4.69, 9.17) is 4.99 Å². The SMILES string of the molecule is CC1CCCC2(CSC(=NCC3CC3C)N2)C1. The molecule has 4 unspecified atom stereocenters. The molecule has 2 nitrogen and oxygen atoms in total. The van der Waals surface area contributed by atoms with Gasteiger partial charge in [0.2, 0.25) is 0 Å². The summed E-state index contributed by atoms with van der Waals surface area (Å²) < 4.78 is 0. The minimum absolute atomic E-state index is 0.399. The fourth-order valence-corrected chi connectivity index (χ4v) is 4.55. The van der Waals surface area contributed by atoms with Gasteiger partial charge in [-0.05, 0) is 37.0 Å². The first-order valence-corrected chi connectivity index (χ1v) is 8.11. The van der Waals surface area contributed by atoms with Crippen molar-refractivity contribution in [3.05, 3.63) is 0 Å². The highest BCUT2D eigenvalue weighted by atomic mass is 32.2. The summed E-state index contributed by atoms with van der Waals surface area (Å²) in [5.74, 6) is 3.94. The van der Waals surface area contributed by atoms with Crippen molar-refractivity contribution in [2.45, 2.75) is 51.5 Å². The Bertz CT molecular complexity index is 328. The topological polar surface area (TPSA) is 24.4 Å². The molecule has 1 aliphatic heterocycles. The summed E-state index contributed by atoms with van der Waals surface area (Å²) in [6.07, 6.45) is 6.90. The monoisotopic (exact) mass is 252 g/mol. The van der Waals surface area contributed by atoms with Crippen molar-refractivity contribution in [3.63, 3.8) is 0 Å². The van der Waals surface area contributed by atoms with Crippen molar-refractivity contribution in [1.82, 2.24) is 5.32 Å². The molecule has 2 aliphatic carbocycles. The number of nitrogens with one attached hydrogen (secondary N) is 1. The second-order valence-corrected chi connectivity index (χ2v) is 7.48. The maximum absolute atomic E-state index is 4.78. The standard InChI is InChI=1S/C14H24N2S/c1-10-4-3-5-14(7-10)9-17-13(16-14)15-8-12-6-11(12)2/h10-12H,3-9H2,1-2H3,(H,15,16). The third kappa shape index (κ3) is 2.64. The molecule has 3 aliphatic rings. The van der Waals surface area contributed by atoms with Gasteiger partial charge in [-0.2, -0.15) is 0 Å². The third-order valence-corrected chi connectivity index (χ3v) is 5.90. The lowest BCUT2D eigenvalue weighted by Crippen LogP contribution is -2.47. The van der Waals surface area contributed by atoms with Gasteiger partial charge >= 0.3 is 0 Å². The Morgan fingerprint density at radius 3 is 3.00 bits per heavy atom. The van der Waals surface area contributed by atoms with Gasteiger partial charge in [-0.15, -0.1) is 0 Å². The maximum atomic E-state index is 4.78. The smallest absolute Gasteiger partial charge is 0.157 e. The minimum Gasteiger partial charge on any atom is -0.359 e. The largest absolute Gasteiger partial charge is 0.359 e. The Hall–Kier alpha value is -0.180. The van der Waals surface area contributed by atoms with Gasteiger partial charge in [-0.3, -0.25) is 4.99 Å². The third-order valence-electron chi connectivity index (χ3n) is 4.69. The first kappa shape index (κ1) is 11.9. The zero-order chi connectivity index (χ0) is 11.9. The van der Waals surface area contributed by atoms with Crippen LogP contribution in [0.15, 0.2) is 4.99 Å². The molecule has 0 aromatic rings. The fraction of sp³-hybridized carbons (Fsp3) is 0.929. The van der Waals surface area contributed by atoms with E-state index >= 15 is 0 Å². The minimum atomic E-state index is 0.399. The zero-order valence-electron chi connectivity index (χ0n) is 11.0. The predicted octanol–water partition coefficient (Wildman–Crippen LogP) is 3.28. The van der Waals surface area contributed by atoms with Gasteiger partial charge in [-0.1, -0.05) is 38.5 Å². The van der Waals surface area contributed by atoms with Crippen LogP contribution in [0, 0.1) is 17.8 Å². The van der Waals surface area contributed by atoms with E-state index in [0.717, 1.165) is 24.3 Å². The average Bonchev–Trinajstić information content (AvgIpc) is 2.86.